The molecule has 70 valence electrons. The van der Waals surface area contributed by atoms with Gasteiger partial charge in [-0.05, 0) is 42.9 Å². The van der Waals surface area contributed by atoms with Gasteiger partial charge in [-0.25, -0.2) is 0 Å². The maximum Gasteiger partial charge on any atom is 0.0456 e. The quantitative estimate of drug-likeness (QED) is 0.772. The van der Waals surface area contributed by atoms with Crippen molar-refractivity contribution in [3.8, 4) is 0 Å². The highest BCUT2D eigenvalue weighted by molar-refractivity contribution is 6.31. The minimum Gasteiger partial charge on any atom is -0.324 e. The SMILES string of the molecule is Cc1cccc(Cl)c1C(N)C1CC1. The molecule has 0 amide bonds. The monoisotopic (exact) mass is 195 g/mol. The van der Waals surface area contributed by atoms with Crippen LogP contribution in [0.15, 0.2) is 18.2 Å². The van der Waals surface area contributed by atoms with Crippen LogP contribution >= 0.6 is 11.6 Å². The first-order valence-corrected chi connectivity index (χ1v) is 5.08. The largest absolute Gasteiger partial charge is 0.324 e. The Bertz CT molecular complexity index is 298. The van der Waals surface area contributed by atoms with Crippen molar-refractivity contribution in [2.75, 3.05) is 0 Å². The highest BCUT2D eigenvalue weighted by Crippen LogP contribution is 2.42. The Morgan fingerprint density at radius 2 is 2.15 bits per heavy atom. The van der Waals surface area contributed by atoms with Crippen molar-refractivity contribution in [1.29, 1.82) is 0 Å². The number of hydrogen-bond acceptors (Lipinski definition) is 1. The van der Waals surface area contributed by atoms with E-state index in [1.54, 1.807) is 0 Å². The topological polar surface area (TPSA) is 26.0 Å². The number of aryl methyl sites for hydroxylation is 1. The molecule has 13 heavy (non-hydrogen) atoms. The van der Waals surface area contributed by atoms with E-state index in [2.05, 4.69) is 13.0 Å². The molecular formula is C11H14ClN. The molecule has 0 aromatic heterocycles. The van der Waals surface area contributed by atoms with Gasteiger partial charge < -0.3 is 5.73 Å². The van der Waals surface area contributed by atoms with E-state index >= 15 is 0 Å². The highest BCUT2D eigenvalue weighted by atomic mass is 35.5. The molecule has 0 saturated heterocycles. The summed E-state index contributed by atoms with van der Waals surface area (Å²) in [4.78, 5) is 0. The van der Waals surface area contributed by atoms with E-state index in [0.29, 0.717) is 5.92 Å². The van der Waals surface area contributed by atoms with E-state index in [4.69, 9.17) is 17.3 Å². The third-order valence-electron chi connectivity index (χ3n) is 2.73. The Morgan fingerprint density at radius 3 is 2.69 bits per heavy atom. The first-order chi connectivity index (χ1) is 6.20. The van der Waals surface area contributed by atoms with Gasteiger partial charge >= 0.3 is 0 Å². The van der Waals surface area contributed by atoms with Gasteiger partial charge in [0.2, 0.25) is 0 Å². The van der Waals surface area contributed by atoms with Crippen LogP contribution in [0.5, 0.6) is 0 Å². The minimum absolute atomic E-state index is 0.147. The van der Waals surface area contributed by atoms with Gasteiger partial charge in [0, 0.05) is 11.1 Å². The summed E-state index contributed by atoms with van der Waals surface area (Å²) in [5.74, 6) is 0.665. The van der Waals surface area contributed by atoms with Crippen LogP contribution in [0.4, 0.5) is 0 Å². The molecule has 0 spiro atoms. The summed E-state index contributed by atoms with van der Waals surface area (Å²) in [6.45, 7) is 2.07. The molecular weight excluding hydrogens is 182 g/mol. The van der Waals surface area contributed by atoms with Gasteiger partial charge in [-0.2, -0.15) is 0 Å². The molecule has 2 N–H and O–H groups in total. The van der Waals surface area contributed by atoms with E-state index in [0.717, 1.165) is 10.6 Å². The normalized spacial score (nSPS) is 18.7. The van der Waals surface area contributed by atoms with Crippen LogP contribution < -0.4 is 5.73 Å². The molecule has 2 rings (SSSR count). The Labute approximate surface area is 83.9 Å². The van der Waals surface area contributed by atoms with Crippen LogP contribution in [0.1, 0.15) is 30.0 Å². The van der Waals surface area contributed by atoms with Crippen LogP contribution in [-0.2, 0) is 0 Å². The molecule has 1 fully saturated rings. The molecule has 1 saturated carbocycles. The highest BCUT2D eigenvalue weighted by Gasteiger charge is 2.31. The summed E-state index contributed by atoms with van der Waals surface area (Å²) in [6, 6.07) is 6.12. The van der Waals surface area contributed by atoms with Crippen molar-refractivity contribution in [2.45, 2.75) is 25.8 Å². The van der Waals surface area contributed by atoms with Gasteiger partial charge in [-0.3, -0.25) is 0 Å². The molecule has 1 aromatic carbocycles. The number of benzene rings is 1. The average Bonchev–Trinajstić information content (AvgIpc) is 2.85. The second-order valence-electron chi connectivity index (χ2n) is 3.83. The smallest absolute Gasteiger partial charge is 0.0456 e. The van der Waals surface area contributed by atoms with Gasteiger partial charge in [0.15, 0.2) is 0 Å². The number of rotatable bonds is 2. The summed E-state index contributed by atoms with van der Waals surface area (Å²) in [7, 11) is 0. The number of halogens is 1. The van der Waals surface area contributed by atoms with Gasteiger partial charge in [-0.1, -0.05) is 23.7 Å². The lowest BCUT2D eigenvalue weighted by Crippen LogP contribution is -2.14. The van der Waals surface area contributed by atoms with Crippen LogP contribution in [-0.4, -0.2) is 0 Å². The molecule has 1 aliphatic carbocycles. The molecule has 0 heterocycles. The van der Waals surface area contributed by atoms with E-state index in [1.165, 1.54) is 18.4 Å². The van der Waals surface area contributed by atoms with Gasteiger partial charge in [0.05, 0.1) is 0 Å². The number of hydrogen-bond donors (Lipinski definition) is 1. The second kappa shape index (κ2) is 3.32. The Morgan fingerprint density at radius 1 is 1.46 bits per heavy atom. The molecule has 0 aliphatic heterocycles. The lowest BCUT2D eigenvalue weighted by molar-refractivity contribution is 0.630. The molecule has 1 nitrogen and oxygen atoms in total. The minimum atomic E-state index is 0.147. The summed E-state index contributed by atoms with van der Waals surface area (Å²) in [5.41, 5.74) is 8.48. The second-order valence-corrected chi connectivity index (χ2v) is 4.24. The first-order valence-electron chi connectivity index (χ1n) is 4.70. The Hall–Kier alpha value is -0.530. The van der Waals surface area contributed by atoms with E-state index in [1.807, 2.05) is 12.1 Å². The molecule has 0 bridgehead atoms. The summed E-state index contributed by atoms with van der Waals surface area (Å²) in [5, 5.41) is 0.819. The molecule has 1 aliphatic rings. The fourth-order valence-electron chi connectivity index (χ4n) is 1.76. The van der Waals surface area contributed by atoms with E-state index < -0.39 is 0 Å². The van der Waals surface area contributed by atoms with Gasteiger partial charge in [0.1, 0.15) is 0 Å². The zero-order valence-electron chi connectivity index (χ0n) is 7.76. The third-order valence-corrected chi connectivity index (χ3v) is 3.06. The Balaban J connectivity index is 2.36. The van der Waals surface area contributed by atoms with Crippen molar-refractivity contribution < 1.29 is 0 Å². The molecule has 1 aromatic rings. The van der Waals surface area contributed by atoms with E-state index in [-0.39, 0.29) is 6.04 Å². The third kappa shape index (κ3) is 1.72. The van der Waals surface area contributed by atoms with Crippen LogP contribution in [0.2, 0.25) is 5.02 Å². The lowest BCUT2D eigenvalue weighted by Gasteiger charge is -2.15. The predicted octanol–water partition coefficient (Wildman–Crippen LogP) is 3.06. The van der Waals surface area contributed by atoms with Gasteiger partial charge in [0.25, 0.3) is 0 Å². The summed E-state index contributed by atoms with van der Waals surface area (Å²) in [6.07, 6.45) is 2.51. The molecule has 0 radical (unpaired) electrons. The van der Waals surface area contributed by atoms with Gasteiger partial charge in [-0.15, -0.1) is 0 Å². The fraction of sp³-hybridized carbons (Fsp3) is 0.455. The summed E-state index contributed by atoms with van der Waals surface area (Å²) < 4.78 is 0. The maximum atomic E-state index is 6.12. The number of nitrogens with two attached hydrogens (primary N) is 1. The zero-order chi connectivity index (χ0) is 9.42. The van der Waals surface area contributed by atoms with Crippen molar-refractivity contribution in [2.24, 2.45) is 11.7 Å². The lowest BCUT2D eigenvalue weighted by atomic mass is 9.98. The average molecular weight is 196 g/mol. The standard InChI is InChI=1S/C11H14ClN/c1-7-3-2-4-9(12)10(7)11(13)8-5-6-8/h2-4,8,11H,5-6,13H2,1H3. The van der Waals surface area contributed by atoms with Crippen molar-refractivity contribution in [1.82, 2.24) is 0 Å². The van der Waals surface area contributed by atoms with Crippen molar-refractivity contribution in [3.05, 3.63) is 34.3 Å². The summed E-state index contributed by atoms with van der Waals surface area (Å²) >= 11 is 6.12. The van der Waals surface area contributed by atoms with Crippen LogP contribution in [0.25, 0.3) is 0 Å². The fourth-order valence-corrected chi connectivity index (χ4v) is 2.11. The van der Waals surface area contributed by atoms with Crippen molar-refractivity contribution >= 4 is 11.6 Å². The zero-order valence-corrected chi connectivity index (χ0v) is 8.51. The predicted molar refractivity (Wildman–Crippen MR) is 55.8 cm³/mol. The molecule has 1 atom stereocenters. The first kappa shape index (κ1) is 9.04. The molecule has 1 unspecified atom stereocenters. The van der Waals surface area contributed by atoms with E-state index in [9.17, 15) is 0 Å². The van der Waals surface area contributed by atoms with Crippen LogP contribution in [0.3, 0.4) is 0 Å². The van der Waals surface area contributed by atoms with Crippen molar-refractivity contribution in [3.63, 3.8) is 0 Å². The maximum absolute atomic E-state index is 6.12. The Kier molecular flexibility index (Phi) is 2.31. The molecule has 2 heteroatoms. The van der Waals surface area contributed by atoms with Crippen LogP contribution in [0, 0.1) is 12.8 Å².